The average Bonchev–Trinajstić information content (AvgIpc) is 3.03. The predicted molar refractivity (Wildman–Crippen MR) is 104 cm³/mol. The van der Waals surface area contributed by atoms with E-state index in [2.05, 4.69) is 5.32 Å². The molecule has 3 aromatic rings. The van der Waals surface area contributed by atoms with E-state index in [9.17, 15) is 9.59 Å². The number of hydrogen-bond acceptors (Lipinski definition) is 2. The van der Waals surface area contributed by atoms with E-state index in [0.717, 1.165) is 16.5 Å². The van der Waals surface area contributed by atoms with Crippen LogP contribution in [0.5, 0.6) is 0 Å². The Morgan fingerprint density at radius 3 is 2.65 bits per heavy atom. The van der Waals surface area contributed by atoms with E-state index >= 15 is 0 Å². The molecule has 1 heterocycles. The Morgan fingerprint density at radius 2 is 1.81 bits per heavy atom. The van der Waals surface area contributed by atoms with Gasteiger partial charge in [-0.1, -0.05) is 54.1 Å². The van der Waals surface area contributed by atoms with E-state index in [1.54, 1.807) is 29.2 Å². The summed E-state index contributed by atoms with van der Waals surface area (Å²) in [6.45, 7) is 0.374. The van der Waals surface area contributed by atoms with Gasteiger partial charge in [0.25, 0.3) is 0 Å². The highest BCUT2D eigenvalue weighted by atomic mass is 35.5. The second-order valence-electron chi connectivity index (χ2n) is 6.40. The van der Waals surface area contributed by atoms with Crippen molar-refractivity contribution in [3.63, 3.8) is 0 Å². The van der Waals surface area contributed by atoms with Crippen molar-refractivity contribution < 1.29 is 9.59 Å². The van der Waals surface area contributed by atoms with Crippen LogP contribution in [0.15, 0.2) is 66.7 Å². The molecule has 4 nitrogen and oxygen atoms in total. The lowest BCUT2D eigenvalue weighted by Gasteiger charge is -2.19. The van der Waals surface area contributed by atoms with E-state index in [4.69, 9.17) is 11.6 Å². The average molecular weight is 365 g/mol. The summed E-state index contributed by atoms with van der Waals surface area (Å²) in [6, 6.07) is 20.8. The van der Waals surface area contributed by atoms with Crippen molar-refractivity contribution in [1.29, 1.82) is 0 Å². The summed E-state index contributed by atoms with van der Waals surface area (Å²) in [4.78, 5) is 26.9. The fraction of sp³-hybridized carbons (Fsp3) is 0.143. The Kier molecular flexibility index (Phi) is 4.35. The molecule has 1 N–H and O–H groups in total. The molecular formula is C21H17ClN2O2. The number of nitrogens with zero attached hydrogens (tertiary/aromatic N) is 1. The van der Waals surface area contributed by atoms with Gasteiger partial charge in [-0.25, -0.2) is 0 Å². The van der Waals surface area contributed by atoms with Crippen molar-refractivity contribution in [3.8, 4) is 0 Å². The van der Waals surface area contributed by atoms with Crippen LogP contribution in [-0.4, -0.2) is 18.4 Å². The molecule has 0 aromatic heterocycles. The van der Waals surface area contributed by atoms with Gasteiger partial charge in [-0.15, -0.1) is 0 Å². The van der Waals surface area contributed by atoms with Crippen molar-refractivity contribution in [2.75, 3.05) is 16.8 Å². The van der Waals surface area contributed by atoms with Crippen LogP contribution < -0.4 is 10.2 Å². The Hall–Kier alpha value is -2.85. The topological polar surface area (TPSA) is 49.4 Å². The molecule has 3 aromatic carbocycles. The lowest BCUT2D eigenvalue weighted by Crippen LogP contribution is -2.28. The number of halogens is 1. The zero-order valence-corrected chi connectivity index (χ0v) is 14.7. The van der Waals surface area contributed by atoms with Crippen molar-refractivity contribution >= 4 is 45.6 Å². The number of amides is 2. The summed E-state index contributed by atoms with van der Waals surface area (Å²) < 4.78 is 0. The minimum Gasteiger partial charge on any atom is -0.326 e. The summed E-state index contributed by atoms with van der Waals surface area (Å²) in [7, 11) is 0. The molecule has 0 aliphatic carbocycles. The third kappa shape index (κ3) is 3.16. The maximum Gasteiger partial charge on any atom is 0.229 e. The molecule has 0 unspecified atom stereocenters. The maximum atomic E-state index is 12.6. The minimum atomic E-state index is -0.388. The van der Waals surface area contributed by atoms with Gasteiger partial charge >= 0.3 is 0 Å². The number of carbonyl (C=O) groups is 2. The van der Waals surface area contributed by atoms with Crippen LogP contribution in [0.2, 0.25) is 5.02 Å². The first-order valence-electron chi connectivity index (χ1n) is 8.46. The normalized spacial score (nSPS) is 16.9. The number of carbonyl (C=O) groups excluding carboxylic acids is 2. The van der Waals surface area contributed by atoms with Gasteiger partial charge in [0, 0.05) is 29.1 Å². The number of benzene rings is 3. The molecule has 130 valence electrons. The first-order chi connectivity index (χ1) is 12.6. The van der Waals surface area contributed by atoms with Crippen molar-refractivity contribution in [2.45, 2.75) is 6.42 Å². The zero-order chi connectivity index (χ0) is 18.1. The number of hydrogen-bond donors (Lipinski definition) is 1. The summed E-state index contributed by atoms with van der Waals surface area (Å²) in [5.41, 5.74) is 1.49. The van der Waals surface area contributed by atoms with E-state index in [1.165, 1.54) is 0 Å². The Balaban J connectivity index is 1.56. The molecule has 0 bridgehead atoms. The van der Waals surface area contributed by atoms with Gasteiger partial charge in [0.1, 0.15) is 0 Å². The van der Waals surface area contributed by atoms with E-state index in [-0.39, 0.29) is 24.2 Å². The molecule has 4 rings (SSSR count). The van der Waals surface area contributed by atoms with Gasteiger partial charge in [0.15, 0.2) is 0 Å². The van der Waals surface area contributed by atoms with Gasteiger partial charge in [0.2, 0.25) is 11.8 Å². The summed E-state index contributed by atoms with van der Waals surface area (Å²) >= 11 is 5.96. The Bertz CT molecular complexity index is 997. The summed E-state index contributed by atoms with van der Waals surface area (Å²) in [5.74, 6) is -0.587. The lowest BCUT2D eigenvalue weighted by atomic mass is 10.1. The Labute approximate surface area is 156 Å². The second kappa shape index (κ2) is 6.81. The molecule has 1 aliphatic rings. The van der Waals surface area contributed by atoms with Crippen LogP contribution >= 0.6 is 11.6 Å². The van der Waals surface area contributed by atoms with Crippen LogP contribution in [0.1, 0.15) is 6.42 Å². The predicted octanol–water partition coefficient (Wildman–Crippen LogP) is 4.48. The fourth-order valence-corrected chi connectivity index (χ4v) is 3.56. The maximum absolute atomic E-state index is 12.6. The first-order valence-corrected chi connectivity index (χ1v) is 8.84. The summed E-state index contributed by atoms with van der Waals surface area (Å²) in [5, 5.41) is 5.50. The van der Waals surface area contributed by atoms with Crippen molar-refractivity contribution in [3.05, 3.63) is 71.8 Å². The minimum absolute atomic E-state index is 0.0346. The van der Waals surface area contributed by atoms with Gasteiger partial charge < -0.3 is 10.2 Å². The number of anilines is 2. The van der Waals surface area contributed by atoms with Crippen LogP contribution in [0, 0.1) is 5.92 Å². The number of rotatable bonds is 3. The van der Waals surface area contributed by atoms with E-state index in [0.29, 0.717) is 17.3 Å². The van der Waals surface area contributed by atoms with Crippen molar-refractivity contribution in [2.24, 2.45) is 5.92 Å². The molecule has 0 saturated carbocycles. The highest BCUT2D eigenvalue weighted by Gasteiger charge is 2.35. The van der Waals surface area contributed by atoms with Gasteiger partial charge in [-0.2, -0.15) is 0 Å². The molecule has 2 amide bonds. The lowest BCUT2D eigenvalue weighted by molar-refractivity contribution is -0.122. The van der Waals surface area contributed by atoms with Crippen LogP contribution in [-0.2, 0) is 9.59 Å². The Morgan fingerprint density at radius 1 is 1.04 bits per heavy atom. The molecule has 1 atom stereocenters. The monoisotopic (exact) mass is 364 g/mol. The third-order valence-electron chi connectivity index (χ3n) is 4.65. The van der Waals surface area contributed by atoms with E-state index in [1.807, 2.05) is 42.5 Å². The number of fused-ring (bicyclic) bond motifs is 1. The highest BCUT2D eigenvalue weighted by molar-refractivity contribution is 6.30. The zero-order valence-electron chi connectivity index (χ0n) is 14.0. The standard InChI is InChI=1S/C21H17ClN2O2/c22-16-7-4-8-17(12-16)23-21(26)15-11-20(25)24(13-15)19-10-3-6-14-5-1-2-9-18(14)19/h1-10,12,15H,11,13H2,(H,23,26)/t15-/m1/s1. The van der Waals surface area contributed by atoms with Crippen LogP contribution in [0.4, 0.5) is 11.4 Å². The molecule has 26 heavy (non-hydrogen) atoms. The molecule has 1 fully saturated rings. The van der Waals surface area contributed by atoms with Gasteiger partial charge in [-0.3, -0.25) is 9.59 Å². The smallest absolute Gasteiger partial charge is 0.229 e. The largest absolute Gasteiger partial charge is 0.326 e. The van der Waals surface area contributed by atoms with Gasteiger partial charge in [0.05, 0.1) is 11.6 Å². The second-order valence-corrected chi connectivity index (χ2v) is 6.84. The van der Waals surface area contributed by atoms with Gasteiger partial charge in [-0.05, 0) is 29.7 Å². The first kappa shape index (κ1) is 16.6. The van der Waals surface area contributed by atoms with Crippen LogP contribution in [0.3, 0.4) is 0 Å². The molecule has 5 heteroatoms. The fourth-order valence-electron chi connectivity index (χ4n) is 3.37. The van der Waals surface area contributed by atoms with Crippen LogP contribution in [0.25, 0.3) is 10.8 Å². The molecule has 1 saturated heterocycles. The third-order valence-corrected chi connectivity index (χ3v) is 4.88. The van der Waals surface area contributed by atoms with E-state index < -0.39 is 0 Å². The quantitative estimate of drug-likeness (QED) is 0.744. The molecule has 0 radical (unpaired) electrons. The highest BCUT2D eigenvalue weighted by Crippen LogP contribution is 2.32. The molecule has 0 spiro atoms. The molecular weight excluding hydrogens is 348 g/mol. The summed E-state index contributed by atoms with van der Waals surface area (Å²) in [6.07, 6.45) is 0.204. The molecule has 1 aliphatic heterocycles. The van der Waals surface area contributed by atoms with Crippen molar-refractivity contribution in [1.82, 2.24) is 0 Å². The SMILES string of the molecule is O=C(Nc1cccc(Cl)c1)[C@@H]1CC(=O)N(c2cccc3ccccc23)C1. The number of nitrogens with one attached hydrogen (secondary N) is 1.